The maximum Gasteiger partial charge on any atom is 0.222 e. The third-order valence-electron chi connectivity index (χ3n) is 5.62. The van der Waals surface area contributed by atoms with Gasteiger partial charge < -0.3 is 4.90 Å². The number of nitrogens with one attached hydrogen (secondary N) is 1. The smallest absolute Gasteiger partial charge is 0.222 e. The van der Waals surface area contributed by atoms with Gasteiger partial charge in [-0.1, -0.05) is 20.3 Å². The summed E-state index contributed by atoms with van der Waals surface area (Å²) in [5.41, 5.74) is 0.342. The highest BCUT2D eigenvalue weighted by Gasteiger charge is 2.39. The highest BCUT2D eigenvalue weighted by molar-refractivity contribution is 7.90. The van der Waals surface area contributed by atoms with Gasteiger partial charge in [0, 0.05) is 25.6 Å². The number of rotatable bonds is 5. The largest absolute Gasteiger partial charge is 0.341 e. The zero-order valence-electron chi connectivity index (χ0n) is 14.4. The van der Waals surface area contributed by atoms with Crippen LogP contribution in [0.15, 0.2) is 0 Å². The number of hydrogen-bond donors (Lipinski definition) is 1. The molecule has 0 aromatic carbocycles. The molecule has 3 rings (SSSR count). The van der Waals surface area contributed by atoms with Crippen molar-refractivity contribution < 1.29 is 13.2 Å². The molecule has 3 aliphatic rings. The second kappa shape index (κ2) is 6.36. The van der Waals surface area contributed by atoms with Gasteiger partial charge in [0.1, 0.15) is 0 Å². The molecular formula is C17H30N2O3S. The van der Waals surface area contributed by atoms with Gasteiger partial charge in [0.05, 0.1) is 5.25 Å². The van der Waals surface area contributed by atoms with Crippen LogP contribution in [0.3, 0.4) is 0 Å². The molecule has 1 amide bonds. The van der Waals surface area contributed by atoms with Crippen molar-refractivity contribution in [3.05, 3.63) is 0 Å². The van der Waals surface area contributed by atoms with E-state index in [0.717, 1.165) is 25.7 Å². The molecule has 1 saturated heterocycles. The van der Waals surface area contributed by atoms with E-state index in [-0.39, 0.29) is 11.9 Å². The van der Waals surface area contributed by atoms with E-state index in [1.54, 1.807) is 4.90 Å². The Kier molecular flexibility index (Phi) is 4.76. The molecule has 23 heavy (non-hydrogen) atoms. The molecule has 2 saturated carbocycles. The fourth-order valence-corrected chi connectivity index (χ4v) is 5.83. The summed E-state index contributed by atoms with van der Waals surface area (Å²) < 4.78 is 27.3. The topological polar surface area (TPSA) is 66.5 Å². The average Bonchev–Trinajstić information content (AvgIpc) is 3.08. The lowest BCUT2D eigenvalue weighted by atomic mass is 9.71. The van der Waals surface area contributed by atoms with Crippen molar-refractivity contribution in [2.24, 2.45) is 11.3 Å². The monoisotopic (exact) mass is 342 g/mol. The molecule has 0 bridgehead atoms. The lowest BCUT2D eigenvalue weighted by molar-refractivity contribution is -0.131. The van der Waals surface area contributed by atoms with Gasteiger partial charge in [-0.05, 0) is 49.9 Å². The van der Waals surface area contributed by atoms with Crippen LogP contribution in [0.25, 0.3) is 0 Å². The maximum atomic E-state index is 12.5. The maximum absolute atomic E-state index is 12.5. The SMILES string of the molecule is CC1(C)CCCC(CC(=O)N2CCC(S(=O)(=O)NC3CC3)C2)C1. The van der Waals surface area contributed by atoms with Gasteiger partial charge in [-0.3, -0.25) is 4.79 Å². The predicted octanol–water partition coefficient (Wildman–Crippen LogP) is 2.28. The van der Waals surface area contributed by atoms with Crippen LogP contribution in [0.2, 0.25) is 0 Å². The van der Waals surface area contributed by atoms with Crippen LogP contribution in [0.4, 0.5) is 0 Å². The Hall–Kier alpha value is -0.620. The number of carbonyl (C=O) groups excluding carboxylic acids is 1. The first kappa shape index (κ1) is 17.2. The van der Waals surface area contributed by atoms with Crippen LogP contribution in [-0.2, 0) is 14.8 Å². The van der Waals surface area contributed by atoms with Crippen LogP contribution in [0.5, 0.6) is 0 Å². The van der Waals surface area contributed by atoms with Crippen LogP contribution < -0.4 is 4.72 Å². The number of amides is 1. The van der Waals surface area contributed by atoms with Crippen molar-refractivity contribution in [3.8, 4) is 0 Å². The molecular weight excluding hydrogens is 312 g/mol. The molecule has 0 radical (unpaired) electrons. The van der Waals surface area contributed by atoms with Gasteiger partial charge >= 0.3 is 0 Å². The Morgan fingerprint density at radius 2 is 1.96 bits per heavy atom. The van der Waals surface area contributed by atoms with Crippen molar-refractivity contribution in [3.63, 3.8) is 0 Å². The van der Waals surface area contributed by atoms with Crippen molar-refractivity contribution in [1.29, 1.82) is 0 Å². The second-order valence-electron chi connectivity index (χ2n) is 8.52. The van der Waals surface area contributed by atoms with Crippen molar-refractivity contribution in [2.45, 2.75) is 76.5 Å². The number of hydrogen-bond acceptors (Lipinski definition) is 3. The lowest BCUT2D eigenvalue weighted by Gasteiger charge is -2.35. The van der Waals surface area contributed by atoms with Gasteiger partial charge in [0.15, 0.2) is 0 Å². The molecule has 1 aliphatic heterocycles. The lowest BCUT2D eigenvalue weighted by Crippen LogP contribution is -2.39. The van der Waals surface area contributed by atoms with E-state index in [9.17, 15) is 13.2 Å². The Morgan fingerprint density at radius 3 is 2.61 bits per heavy atom. The molecule has 3 fully saturated rings. The van der Waals surface area contributed by atoms with Gasteiger partial charge in [-0.15, -0.1) is 0 Å². The number of sulfonamides is 1. The van der Waals surface area contributed by atoms with E-state index in [4.69, 9.17) is 0 Å². The predicted molar refractivity (Wildman–Crippen MR) is 90.4 cm³/mol. The highest BCUT2D eigenvalue weighted by Crippen LogP contribution is 2.40. The quantitative estimate of drug-likeness (QED) is 0.833. The Morgan fingerprint density at radius 1 is 1.22 bits per heavy atom. The van der Waals surface area contributed by atoms with Crippen molar-refractivity contribution >= 4 is 15.9 Å². The average molecular weight is 343 g/mol. The van der Waals surface area contributed by atoms with Crippen LogP contribution in [0, 0.1) is 11.3 Å². The van der Waals surface area contributed by atoms with Gasteiger partial charge in [0.25, 0.3) is 0 Å². The highest BCUT2D eigenvalue weighted by atomic mass is 32.2. The molecule has 0 aromatic rings. The Bertz CT molecular complexity index is 554. The van der Waals surface area contributed by atoms with Crippen LogP contribution in [-0.4, -0.2) is 43.6 Å². The summed E-state index contributed by atoms with van der Waals surface area (Å²) in [6.45, 7) is 5.53. The third kappa shape index (κ3) is 4.47. The van der Waals surface area contributed by atoms with E-state index in [0.29, 0.717) is 37.3 Å². The second-order valence-corrected chi connectivity index (χ2v) is 10.5. The summed E-state index contributed by atoms with van der Waals surface area (Å²) in [4.78, 5) is 14.3. The molecule has 132 valence electrons. The first-order valence-electron chi connectivity index (χ1n) is 9.04. The van der Waals surface area contributed by atoms with Crippen LogP contribution >= 0.6 is 0 Å². The molecule has 2 atom stereocenters. The molecule has 0 aromatic heterocycles. The number of likely N-dealkylation sites (tertiary alicyclic amines) is 1. The van der Waals surface area contributed by atoms with Crippen LogP contribution in [0.1, 0.15) is 65.2 Å². The summed E-state index contributed by atoms with van der Waals surface area (Å²) in [7, 11) is -3.26. The summed E-state index contributed by atoms with van der Waals surface area (Å²) >= 11 is 0. The third-order valence-corrected chi connectivity index (χ3v) is 7.54. The first-order valence-corrected chi connectivity index (χ1v) is 10.6. The first-order chi connectivity index (χ1) is 10.8. The van der Waals surface area contributed by atoms with Crippen molar-refractivity contribution in [1.82, 2.24) is 9.62 Å². The number of carbonyl (C=O) groups is 1. The van der Waals surface area contributed by atoms with Gasteiger partial charge in [-0.2, -0.15) is 0 Å². The molecule has 5 nitrogen and oxygen atoms in total. The van der Waals surface area contributed by atoms with E-state index in [1.807, 2.05) is 0 Å². The fourth-order valence-electron chi connectivity index (χ4n) is 4.14. The molecule has 1 N–H and O–H groups in total. The normalized spacial score (nSPS) is 31.3. The number of nitrogens with zero attached hydrogens (tertiary/aromatic N) is 1. The van der Waals surface area contributed by atoms with Gasteiger partial charge in [0.2, 0.25) is 15.9 Å². The molecule has 2 aliphatic carbocycles. The molecule has 2 unspecified atom stereocenters. The minimum absolute atomic E-state index is 0.147. The summed E-state index contributed by atoms with van der Waals surface area (Å²) in [6, 6.07) is 0.147. The summed E-state index contributed by atoms with van der Waals surface area (Å²) in [5, 5.41) is -0.421. The van der Waals surface area contributed by atoms with E-state index >= 15 is 0 Å². The molecule has 1 heterocycles. The summed E-state index contributed by atoms with van der Waals surface area (Å²) in [5.74, 6) is 0.614. The minimum Gasteiger partial charge on any atom is -0.341 e. The molecule has 6 heteroatoms. The Labute approximate surface area is 140 Å². The fraction of sp³-hybridized carbons (Fsp3) is 0.941. The molecule has 0 spiro atoms. The standard InChI is InChI=1S/C17H30N2O3S/c1-17(2)8-3-4-13(11-17)10-16(20)19-9-7-15(12-19)23(21,22)18-14-5-6-14/h13-15,18H,3-12H2,1-2H3. The van der Waals surface area contributed by atoms with E-state index < -0.39 is 15.3 Å². The van der Waals surface area contributed by atoms with Crippen molar-refractivity contribution in [2.75, 3.05) is 13.1 Å². The van der Waals surface area contributed by atoms with Gasteiger partial charge in [-0.25, -0.2) is 13.1 Å². The Balaban J connectivity index is 1.51. The zero-order chi connectivity index (χ0) is 16.7. The van der Waals surface area contributed by atoms with E-state index in [1.165, 1.54) is 12.8 Å². The zero-order valence-corrected chi connectivity index (χ0v) is 15.2. The summed E-state index contributed by atoms with van der Waals surface area (Å²) in [6.07, 6.45) is 7.75. The van der Waals surface area contributed by atoms with E-state index in [2.05, 4.69) is 18.6 Å². The minimum atomic E-state index is -3.26.